The lowest BCUT2D eigenvalue weighted by molar-refractivity contribution is -0.179. The number of hydrogen-bond donors (Lipinski definition) is 4. The maximum Gasteiger partial charge on any atom is 0.255 e. The van der Waals surface area contributed by atoms with Gasteiger partial charge in [0, 0.05) is 17.3 Å². The number of aliphatic hydroxyl groups is 3. The van der Waals surface area contributed by atoms with Crippen molar-refractivity contribution in [3.05, 3.63) is 58.6 Å². The predicted molar refractivity (Wildman–Crippen MR) is 132 cm³/mol. The number of sulfone groups is 1. The van der Waals surface area contributed by atoms with Gasteiger partial charge in [-0.3, -0.25) is 4.79 Å². The van der Waals surface area contributed by atoms with E-state index in [0.717, 1.165) is 31.0 Å². The highest BCUT2D eigenvalue weighted by molar-refractivity contribution is 7.92. The van der Waals surface area contributed by atoms with Crippen LogP contribution < -0.4 is 5.32 Å². The highest BCUT2D eigenvalue weighted by atomic mass is 35.5. The fraction of sp³-hybridized carbons (Fsp3) is 0.500. The summed E-state index contributed by atoms with van der Waals surface area (Å²) in [5.41, 5.74) is -1.59. The van der Waals surface area contributed by atoms with Crippen LogP contribution in [0.4, 0.5) is 14.5 Å². The average Bonchev–Trinajstić information content (AvgIpc) is 3.68. The summed E-state index contributed by atoms with van der Waals surface area (Å²) in [6, 6.07) is 6.63. The molecule has 0 radical (unpaired) electrons. The van der Waals surface area contributed by atoms with Gasteiger partial charge in [0.15, 0.2) is 21.5 Å². The fourth-order valence-corrected chi connectivity index (χ4v) is 8.47. The van der Waals surface area contributed by atoms with Gasteiger partial charge in [0.2, 0.25) is 0 Å². The number of amides is 1. The van der Waals surface area contributed by atoms with Gasteiger partial charge in [-0.05, 0) is 86.6 Å². The van der Waals surface area contributed by atoms with Crippen molar-refractivity contribution < 1.29 is 37.3 Å². The van der Waals surface area contributed by atoms with Crippen LogP contribution in [0.2, 0.25) is 5.02 Å². The molecule has 6 atom stereocenters. The first-order chi connectivity index (χ1) is 17.4. The number of halogens is 3. The molecule has 1 amide bonds. The highest BCUT2D eigenvalue weighted by Crippen LogP contribution is 2.55. The number of carbonyl (C=O) groups is 1. The van der Waals surface area contributed by atoms with Crippen LogP contribution in [0, 0.1) is 29.4 Å². The van der Waals surface area contributed by atoms with Crippen LogP contribution in [-0.4, -0.2) is 52.7 Å². The Hall–Kier alpha value is -2.11. The second-order valence-corrected chi connectivity index (χ2v) is 13.1. The lowest BCUT2D eigenvalue weighted by Gasteiger charge is -2.46. The number of rotatable bonds is 7. The topological polar surface area (TPSA) is 124 Å². The molecule has 0 aliphatic heterocycles. The van der Waals surface area contributed by atoms with E-state index in [1.54, 1.807) is 0 Å². The molecule has 2 bridgehead atoms. The third-order valence-corrected chi connectivity index (χ3v) is 10.9. The van der Waals surface area contributed by atoms with Crippen LogP contribution in [0.1, 0.15) is 48.9 Å². The van der Waals surface area contributed by atoms with Crippen molar-refractivity contribution in [2.75, 3.05) is 5.32 Å². The van der Waals surface area contributed by atoms with Gasteiger partial charge < -0.3 is 20.6 Å². The molecule has 3 aliphatic rings. The quantitative estimate of drug-likeness (QED) is 0.413. The van der Waals surface area contributed by atoms with Gasteiger partial charge in [-0.15, -0.1) is 0 Å². The van der Waals surface area contributed by atoms with Gasteiger partial charge in [0.1, 0.15) is 6.10 Å². The minimum atomic E-state index is -4.04. The predicted octanol–water partition coefficient (Wildman–Crippen LogP) is 3.70. The number of carbonyl (C=O) groups excluding carboxylic acids is 1. The van der Waals surface area contributed by atoms with Gasteiger partial charge >= 0.3 is 0 Å². The van der Waals surface area contributed by atoms with E-state index in [1.807, 2.05) is 0 Å². The number of nitrogens with one attached hydrogen (secondary N) is 1. The third kappa shape index (κ3) is 4.67. The molecule has 5 rings (SSSR count). The number of anilines is 1. The van der Waals surface area contributed by atoms with Crippen molar-refractivity contribution in [3.63, 3.8) is 0 Å². The van der Waals surface area contributed by atoms with E-state index in [1.165, 1.54) is 18.2 Å². The Balaban J connectivity index is 1.37. The van der Waals surface area contributed by atoms with Gasteiger partial charge in [-0.2, -0.15) is 0 Å². The van der Waals surface area contributed by atoms with Crippen molar-refractivity contribution in [2.24, 2.45) is 17.8 Å². The third-order valence-electron chi connectivity index (χ3n) is 8.28. The molecule has 3 unspecified atom stereocenters. The van der Waals surface area contributed by atoms with E-state index in [4.69, 9.17) is 11.6 Å². The van der Waals surface area contributed by atoms with Gasteiger partial charge in [-0.1, -0.05) is 11.6 Å². The Labute approximate surface area is 218 Å². The molecule has 7 nitrogen and oxygen atoms in total. The van der Waals surface area contributed by atoms with Crippen LogP contribution in [0.15, 0.2) is 41.3 Å². The summed E-state index contributed by atoms with van der Waals surface area (Å²) in [7, 11) is -4.04. The van der Waals surface area contributed by atoms with Gasteiger partial charge in [0.25, 0.3) is 5.91 Å². The number of fused-ring (bicyclic) bond motifs is 2. The van der Waals surface area contributed by atoms with Crippen molar-refractivity contribution in [3.8, 4) is 0 Å². The van der Waals surface area contributed by atoms with E-state index in [0.29, 0.717) is 12.8 Å². The van der Waals surface area contributed by atoms with Gasteiger partial charge in [0.05, 0.1) is 26.9 Å². The molecule has 0 aromatic heterocycles. The molecule has 37 heavy (non-hydrogen) atoms. The monoisotopic (exact) mass is 555 g/mol. The Morgan fingerprint density at radius 3 is 2.24 bits per heavy atom. The number of hydrogen-bond acceptors (Lipinski definition) is 6. The molecule has 0 spiro atoms. The smallest absolute Gasteiger partial charge is 0.255 e. The summed E-state index contributed by atoms with van der Waals surface area (Å²) >= 11 is 6.26. The molecule has 0 saturated heterocycles. The first-order valence-electron chi connectivity index (χ1n) is 12.3. The molecule has 11 heteroatoms. The van der Waals surface area contributed by atoms with E-state index in [9.17, 15) is 37.3 Å². The Morgan fingerprint density at radius 1 is 1.00 bits per heavy atom. The summed E-state index contributed by atoms with van der Waals surface area (Å²) < 4.78 is 54.0. The molecule has 2 aromatic rings. The summed E-state index contributed by atoms with van der Waals surface area (Å²) in [5.74, 6) is -3.99. The van der Waals surface area contributed by atoms with E-state index in [2.05, 4.69) is 5.32 Å². The summed E-state index contributed by atoms with van der Waals surface area (Å²) in [6.07, 6.45) is 0.446. The molecule has 2 aromatic carbocycles. The summed E-state index contributed by atoms with van der Waals surface area (Å²) in [6.45, 7) is 0. The van der Waals surface area contributed by atoms with E-state index in [-0.39, 0.29) is 39.9 Å². The Morgan fingerprint density at radius 2 is 1.65 bits per heavy atom. The molecule has 3 aliphatic carbocycles. The molecule has 0 heterocycles. The molecule has 3 saturated carbocycles. The maximum absolute atomic E-state index is 13.7. The standard InChI is InChI=1S/C26H28ClF2NO6S/c27-19-7-3-14(25(33)30-17-6-8-20(28)21(29)12-17)9-22(19)37(35,36)18-10-15-4-5-16(11-18)26(15,34)24(32)23(31)13-1-2-13/h3,6-9,12-13,15-16,18,23-24,31-32,34H,1-2,4-5,10-11H2,(H,30,33)/t15-,16?,18?,23-,24+,26?/m0/s1. The SMILES string of the molecule is O=C(Nc1ccc(F)c(F)c1)c1ccc(Cl)c(S(=O)(=O)C2CC3CC[C@@H](C2)C3(O)[C@H](O)[C@@H](O)C2CC2)c1. The Kier molecular flexibility index (Phi) is 6.85. The largest absolute Gasteiger partial charge is 0.390 e. The van der Waals surface area contributed by atoms with Crippen molar-refractivity contribution in [1.29, 1.82) is 0 Å². The van der Waals surface area contributed by atoms with Crippen molar-refractivity contribution >= 4 is 33.0 Å². The van der Waals surface area contributed by atoms with E-state index >= 15 is 0 Å². The summed E-state index contributed by atoms with van der Waals surface area (Å²) in [5, 5.41) is 34.2. The molecule has 200 valence electrons. The zero-order valence-corrected chi connectivity index (χ0v) is 21.4. The molecular formula is C26H28ClF2NO6S. The zero-order valence-electron chi connectivity index (χ0n) is 19.8. The van der Waals surface area contributed by atoms with Crippen LogP contribution in [0.3, 0.4) is 0 Å². The van der Waals surface area contributed by atoms with Gasteiger partial charge in [-0.25, -0.2) is 17.2 Å². The zero-order chi connectivity index (χ0) is 26.7. The maximum atomic E-state index is 13.7. The average molecular weight is 556 g/mol. The molecule has 4 N–H and O–H groups in total. The summed E-state index contributed by atoms with van der Waals surface area (Å²) in [4.78, 5) is 12.5. The molecule has 3 fully saturated rings. The van der Waals surface area contributed by atoms with Crippen LogP contribution in [0.25, 0.3) is 0 Å². The van der Waals surface area contributed by atoms with Crippen LogP contribution in [-0.2, 0) is 9.84 Å². The fourth-order valence-electron chi connectivity index (χ4n) is 6.07. The molecular weight excluding hydrogens is 528 g/mol. The van der Waals surface area contributed by atoms with Crippen LogP contribution >= 0.6 is 11.6 Å². The van der Waals surface area contributed by atoms with Crippen LogP contribution in [0.5, 0.6) is 0 Å². The minimum Gasteiger partial charge on any atom is -0.390 e. The normalized spacial score (nSPS) is 29.1. The second kappa shape index (κ2) is 9.57. The lowest BCUT2D eigenvalue weighted by atomic mass is 9.69. The van der Waals surface area contributed by atoms with E-state index < -0.39 is 62.3 Å². The number of benzene rings is 2. The number of aliphatic hydroxyl groups excluding tert-OH is 2. The second-order valence-electron chi connectivity index (χ2n) is 10.5. The minimum absolute atomic E-state index is 0.00154. The first kappa shape index (κ1) is 26.5. The first-order valence-corrected chi connectivity index (χ1v) is 14.2. The Bertz CT molecular complexity index is 1320. The van der Waals surface area contributed by atoms with Crippen molar-refractivity contribution in [1.82, 2.24) is 0 Å². The lowest BCUT2D eigenvalue weighted by Crippen LogP contribution is -2.59. The van der Waals surface area contributed by atoms with Crippen molar-refractivity contribution in [2.45, 2.75) is 66.5 Å². The highest BCUT2D eigenvalue weighted by Gasteiger charge is 2.61.